The molecule has 1 aromatic carbocycles. The van der Waals surface area contributed by atoms with Crippen LogP contribution in [0.5, 0.6) is 0 Å². The fourth-order valence-corrected chi connectivity index (χ4v) is 2.26. The average Bonchev–Trinajstić information content (AvgIpc) is 2.69. The number of aliphatic imine (C=N–C) groups is 1. The molecule has 0 amide bonds. The molecule has 0 bridgehead atoms. The highest BCUT2D eigenvalue weighted by molar-refractivity contribution is 6.30. The largest absolute Gasteiger partial charge is 0.478 e. The highest BCUT2D eigenvalue weighted by Crippen LogP contribution is 2.28. The lowest BCUT2D eigenvalue weighted by Gasteiger charge is -2.13. The quantitative estimate of drug-likeness (QED) is 0.836. The number of halogens is 1. The van der Waals surface area contributed by atoms with Gasteiger partial charge in [-0.1, -0.05) is 23.7 Å². The minimum Gasteiger partial charge on any atom is -0.478 e. The number of rotatable bonds is 4. The van der Waals surface area contributed by atoms with Crippen LogP contribution >= 0.6 is 11.6 Å². The second-order valence-electron chi connectivity index (χ2n) is 5.42. The Balaban J connectivity index is 2.13. The molecule has 1 unspecified atom stereocenters. The third kappa shape index (κ3) is 3.71. The van der Waals surface area contributed by atoms with E-state index in [4.69, 9.17) is 21.6 Å². The standard InChI is InChI=1S/C15H17ClN2O/c1-15(2)10-19-14(18-15)9-12(7-8-17)11-3-5-13(16)6-4-11/h3-6,12H,7,9-10H2,1-2H3. The van der Waals surface area contributed by atoms with E-state index in [0.717, 1.165) is 11.5 Å². The molecular weight excluding hydrogens is 260 g/mol. The second kappa shape index (κ2) is 5.63. The molecule has 0 radical (unpaired) electrons. The van der Waals surface area contributed by atoms with E-state index in [2.05, 4.69) is 11.1 Å². The molecule has 0 fully saturated rings. The van der Waals surface area contributed by atoms with Gasteiger partial charge < -0.3 is 4.74 Å². The molecule has 1 aromatic rings. The average molecular weight is 277 g/mol. The lowest BCUT2D eigenvalue weighted by Crippen LogP contribution is -2.17. The molecule has 0 aromatic heterocycles. The maximum Gasteiger partial charge on any atom is 0.184 e. The van der Waals surface area contributed by atoms with Crippen molar-refractivity contribution in [2.75, 3.05) is 6.61 Å². The lowest BCUT2D eigenvalue weighted by molar-refractivity contribution is 0.272. The molecule has 1 atom stereocenters. The van der Waals surface area contributed by atoms with Gasteiger partial charge in [-0.05, 0) is 31.5 Å². The summed E-state index contributed by atoms with van der Waals surface area (Å²) in [4.78, 5) is 4.54. The van der Waals surface area contributed by atoms with Crippen LogP contribution < -0.4 is 0 Å². The number of nitriles is 1. The van der Waals surface area contributed by atoms with Gasteiger partial charge in [0.2, 0.25) is 0 Å². The van der Waals surface area contributed by atoms with Crippen molar-refractivity contribution >= 4 is 17.5 Å². The Labute approximate surface area is 118 Å². The minimum atomic E-state index is -0.146. The molecule has 2 rings (SSSR count). The molecular formula is C15H17ClN2O. The van der Waals surface area contributed by atoms with E-state index in [1.807, 2.05) is 38.1 Å². The van der Waals surface area contributed by atoms with Crippen molar-refractivity contribution in [3.63, 3.8) is 0 Å². The van der Waals surface area contributed by atoms with Gasteiger partial charge in [0.25, 0.3) is 0 Å². The predicted molar refractivity (Wildman–Crippen MR) is 76.5 cm³/mol. The van der Waals surface area contributed by atoms with E-state index in [0.29, 0.717) is 24.5 Å². The zero-order valence-electron chi connectivity index (χ0n) is 11.2. The van der Waals surface area contributed by atoms with Gasteiger partial charge in [0.1, 0.15) is 6.61 Å². The Hall–Kier alpha value is -1.53. The van der Waals surface area contributed by atoms with Crippen LogP contribution in [0.3, 0.4) is 0 Å². The minimum absolute atomic E-state index is 0.106. The van der Waals surface area contributed by atoms with Crippen LogP contribution in [0.4, 0.5) is 0 Å². The van der Waals surface area contributed by atoms with Crippen LogP contribution in [-0.4, -0.2) is 18.0 Å². The van der Waals surface area contributed by atoms with Crippen molar-refractivity contribution in [1.29, 1.82) is 5.26 Å². The summed E-state index contributed by atoms with van der Waals surface area (Å²) in [5, 5.41) is 9.68. The SMILES string of the molecule is CC1(C)COC(CC(CC#N)c2ccc(Cl)cc2)=N1. The zero-order valence-corrected chi connectivity index (χ0v) is 11.9. The molecule has 1 aliphatic rings. The van der Waals surface area contributed by atoms with E-state index in [1.165, 1.54) is 0 Å². The first-order valence-electron chi connectivity index (χ1n) is 6.34. The molecule has 0 spiro atoms. The molecule has 1 aliphatic heterocycles. The molecule has 0 N–H and O–H groups in total. The molecule has 0 saturated heterocycles. The van der Waals surface area contributed by atoms with Gasteiger partial charge in [0, 0.05) is 23.8 Å². The highest BCUT2D eigenvalue weighted by atomic mass is 35.5. The van der Waals surface area contributed by atoms with Crippen LogP contribution in [0.2, 0.25) is 5.02 Å². The summed E-state index contributed by atoms with van der Waals surface area (Å²) < 4.78 is 5.60. The van der Waals surface area contributed by atoms with Crippen molar-refractivity contribution in [1.82, 2.24) is 0 Å². The summed E-state index contributed by atoms with van der Waals surface area (Å²) >= 11 is 5.89. The maximum atomic E-state index is 8.97. The highest BCUT2D eigenvalue weighted by Gasteiger charge is 2.28. The van der Waals surface area contributed by atoms with Crippen LogP contribution in [0, 0.1) is 11.3 Å². The number of benzene rings is 1. The number of hydrogen-bond acceptors (Lipinski definition) is 3. The molecule has 4 heteroatoms. The van der Waals surface area contributed by atoms with Gasteiger partial charge in [-0.15, -0.1) is 0 Å². The van der Waals surface area contributed by atoms with E-state index in [-0.39, 0.29) is 11.5 Å². The Kier molecular flexibility index (Phi) is 4.11. The van der Waals surface area contributed by atoms with Crippen molar-refractivity contribution in [3.05, 3.63) is 34.9 Å². The van der Waals surface area contributed by atoms with Crippen LogP contribution in [0.25, 0.3) is 0 Å². The summed E-state index contributed by atoms with van der Waals surface area (Å²) in [6, 6.07) is 9.86. The molecule has 3 nitrogen and oxygen atoms in total. The topological polar surface area (TPSA) is 45.4 Å². The van der Waals surface area contributed by atoms with Crippen molar-refractivity contribution < 1.29 is 4.74 Å². The third-order valence-electron chi connectivity index (χ3n) is 3.12. The summed E-state index contributed by atoms with van der Waals surface area (Å²) in [6.07, 6.45) is 1.11. The molecule has 0 saturated carbocycles. The van der Waals surface area contributed by atoms with E-state index in [9.17, 15) is 0 Å². The van der Waals surface area contributed by atoms with Gasteiger partial charge in [-0.2, -0.15) is 5.26 Å². The number of nitrogens with zero attached hydrogens (tertiary/aromatic N) is 2. The first kappa shape index (κ1) is 13.9. The van der Waals surface area contributed by atoms with E-state index < -0.39 is 0 Å². The fourth-order valence-electron chi connectivity index (χ4n) is 2.13. The van der Waals surface area contributed by atoms with Crippen molar-refractivity contribution in [2.24, 2.45) is 4.99 Å². The van der Waals surface area contributed by atoms with Crippen LogP contribution in [-0.2, 0) is 4.74 Å². The lowest BCUT2D eigenvalue weighted by atomic mass is 9.93. The number of hydrogen-bond donors (Lipinski definition) is 0. The van der Waals surface area contributed by atoms with Crippen LogP contribution in [0.1, 0.15) is 38.2 Å². The van der Waals surface area contributed by atoms with Crippen molar-refractivity contribution in [3.8, 4) is 6.07 Å². The van der Waals surface area contributed by atoms with Gasteiger partial charge in [-0.3, -0.25) is 0 Å². The Morgan fingerprint density at radius 1 is 1.42 bits per heavy atom. The number of ether oxygens (including phenoxy) is 1. The molecule has 19 heavy (non-hydrogen) atoms. The summed E-state index contributed by atoms with van der Waals surface area (Å²) in [5.74, 6) is 0.857. The summed E-state index contributed by atoms with van der Waals surface area (Å²) in [7, 11) is 0. The van der Waals surface area contributed by atoms with Gasteiger partial charge in [-0.25, -0.2) is 4.99 Å². The van der Waals surface area contributed by atoms with Gasteiger partial charge in [0.15, 0.2) is 5.90 Å². The van der Waals surface area contributed by atoms with Gasteiger partial charge in [0.05, 0.1) is 11.6 Å². The molecule has 0 aliphatic carbocycles. The Morgan fingerprint density at radius 2 is 2.11 bits per heavy atom. The third-order valence-corrected chi connectivity index (χ3v) is 3.37. The van der Waals surface area contributed by atoms with Crippen molar-refractivity contribution in [2.45, 2.75) is 38.1 Å². The molecule has 100 valence electrons. The van der Waals surface area contributed by atoms with E-state index >= 15 is 0 Å². The summed E-state index contributed by atoms with van der Waals surface area (Å²) in [5.41, 5.74) is 0.953. The normalized spacial score (nSPS) is 18.3. The molecule has 1 heterocycles. The van der Waals surface area contributed by atoms with E-state index in [1.54, 1.807) is 0 Å². The Bertz CT molecular complexity index is 514. The Morgan fingerprint density at radius 3 is 2.63 bits per heavy atom. The van der Waals surface area contributed by atoms with Gasteiger partial charge >= 0.3 is 0 Å². The van der Waals surface area contributed by atoms with Crippen LogP contribution in [0.15, 0.2) is 29.3 Å². The summed E-state index contributed by atoms with van der Waals surface area (Å²) in [6.45, 7) is 4.70. The second-order valence-corrected chi connectivity index (χ2v) is 5.86. The smallest absolute Gasteiger partial charge is 0.184 e. The zero-order chi connectivity index (χ0) is 13.9. The predicted octanol–water partition coefficient (Wildman–Crippen LogP) is 3.93. The fraction of sp³-hybridized carbons (Fsp3) is 0.467. The first-order chi connectivity index (χ1) is 9.00. The first-order valence-corrected chi connectivity index (χ1v) is 6.72. The maximum absolute atomic E-state index is 8.97. The monoisotopic (exact) mass is 276 g/mol.